The molecule has 7 heteroatoms. The lowest BCUT2D eigenvalue weighted by molar-refractivity contribution is -0.385. The van der Waals surface area contributed by atoms with Crippen LogP contribution in [0.3, 0.4) is 0 Å². The van der Waals surface area contributed by atoms with Crippen molar-refractivity contribution in [3.8, 4) is 11.5 Å². The van der Waals surface area contributed by atoms with Gasteiger partial charge in [-0.15, -0.1) is 0 Å². The molecule has 2 aromatic rings. The molecule has 124 valence electrons. The highest BCUT2D eigenvalue weighted by atomic mass is 16.7. The molecule has 0 unspecified atom stereocenters. The average molecular weight is 329 g/mol. The van der Waals surface area contributed by atoms with Gasteiger partial charge in [-0.2, -0.15) is 0 Å². The van der Waals surface area contributed by atoms with Crippen LogP contribution < -0.4 is 9.47 Å². The Morgan fingerprint density at radius 1 is 1.21 bits per heavy atom. The Labute approximate surface area is 137 Å². The summed E-state index contributed by atoms with van der Waals surface area (Å²) in [6.07, 6.45) is 0. The molecule has 2 aromatic carbocycles. The van der Waals surface area contributed by atoms with Gasteiger partial charge in [0.2, 0.25) is 6.79 Å². The predicted molar refractivity (Wildman–Crippen MR) is 84.3 cm³/mol. The molecule has 0 atom stereocenters. The number of fused-ring (bicyclic) bond motifs is 1. The van der Waals surface area contributed by atoms with E-state index < -0.39 is 10.9 Å². The molecule has 0 bridgehead atoms. The van der Waals surface area contributed by atoms with Gasteiger partial charge in [0, 0.05) is 6.07 Å². The van der Waals surface area contributed by atoms with Crippen molar-refractivity contribution in [2.45, 2.75) is 20.5 Å². The predicted octanol–water partition coefficient (Wildman–Crippen LogP) is 3.30. The van der Waals surface area contributed by atoms with E-state index >= 15 is 0 Å². The van der Waals surface area contributed by atoms with Crippen LogP contribution in [0.5, 0.6) is 11.5 Å². The van der Waals surface area contributed by atoms with Crippen LogP contribution in [0.2, 0.25) is 0 Å². The van der Waals surface area contributed by atoms with E-state index in [9.17, 15) is 14.9 Å². The second-order valence-corrected chi connectivity index (χ2v) is 5.49. The number of carbonyl (C=O) groups excluding carboxylic acids is 1. The Balaban J connectivity index is 1.84. The fourth-order valence-electron chi connectivity index (χ4n) is 2.42. The van der Waals surface area contributed by atoms with Crippen molar-refractivity contribution in [3.63, 3.8) is 0 Å². The summed E-state index contributed by atoms with van der Waals surface area (Å²) in [4.78, 5) is 22.9. The van der Waals surface area contributed by atoms with Crippen LogP contribution in [0, 0.1) is 24.0 Å². The molecule has 1 aliphatic rings. The third-order valence-electron chi connectivity index (χ3n) is 3.77. The van der Waals surface area contributed by atoms with Gasteiger partial charge in [0.05, 0.1) is 11.0 Å². The van der Waals surface area contributed by atoms with Crippen molar-refractivity contribution in [3.05, 3.63) is 62.7 Å². The number of aryl methyl sites for hydroxylation is 2. The Bertz CT molecular complexity index is 830. The molecule has 0 saturated carbocycles. The van der Waals surface area contributed by atoms with Gasteiger partial charge >= 0.3 is 5.97 Å². The first-order valence-corrected chi connectivity index (χ1v) is 7.27. The quantitative estimate of drug-likeness (QED) is 0.486. The van der Waals surface area contributed by atoms with E-state index in [0.717, 1.165) is 16.7 Å². The summed E-state index contributed by atoms with van der Waals surface area (Å²) >= 11 is 0. The highest BCUT2D eigenvalue weighted by Crippen LogP contribution is 2.38. The third-order valence-corrected chi connectivity index (χ3v) is 3.77. The standard InChI is InChI=1S/C17H15NO6/c1-10-3-4-11(2)12(5-10)8-22-17(19)13-6-15-16(24-9-23-15)7-14(13)18(20)21/h3-7H,8-9H2,1-2H3. The van der Waals surface area contributed by atoms with Crippen LogP contribution >= 0.6 is 0 Å². The zero-order chi connectivity index (χ0) is 17.3. The first-order valence-electron chi connectivity index (χ1n) is 7.27. The first kappa shape index (κ1) is 15.8. The third kappa shape index (κ3) is 3.01. The molecule has 0 N–H and O–H groups in total. The van der Waals surface area contributed by atoms with Gasteiger partial charge in [0.25, 0.3) is 5.69 Å². The lowest BCUT2D eigenvalue weighted by Gasteiger charge is -2.09. The van der Waals surface area contributed by atoms with E-state index in [4.69, 9.17) is 14.2 Å². The lowest BCUT2D eigenvalue weighted by atomic mass is 10.1. The maximum Gasteiger partial charge on any atom is 0.345 e. The van der Waals surface area contributed by atoms with Gasteiger partial charge in [0.15, 0.2) is 11.5 Å². The van der Waals surface area contributed by atoms with E-state index in [2.05, 4.69) is 0 Å². The maximum atomic E-state index is 12.3. The normalized spacial score (nSPS) is 12.1. The van der Waals surface area contributed by atoms with Crippen molar-refractivity contribution < 1.29 is 23.9 Å². The van der Waals surface area contributed by atoms with Crippen LogP contribution in [0.4, 0.5) is 5.69 Å². The Morgan fingerprint density at radius 2 is 1.92 bits per heavy atom. The highest BCUT2D eigenvalue weighted by Gasteiger charge is 2.28. The SMILES string of the molecule is Cc1ccc(C)c(COC(=O)c2cc3c(cc2[N+](=O)[O-])OCO3)c1. The summed E-state index contributed by atoms with van der Waals surface area (Å²) < 4.78 is 15.5. The maximum absolute atomic E-state index is 12.3. The smallest absolute Gasteiger partial charge is 0.345 e. The van der Waals surface area contributed by atoms with E-state index in [1.165, 1.54) is 12.1 Å². The summed E-state index contributed by atoms with van der Waals surface area (Å²) in [5.74, 6) is -0.243. The average Bonchev–Trinajstić information content (AvgIpc) is 3.01. The number of carbonyl (C=O) groups is 1. The van der Waals surface area contributed by atoms with Gasteiger partial charge in [-0.3, -0.25) is 10.1 Å². The first-order chi connectivity index (χ1) is 11.5. The summed E-state index contributed by atoms with van der Waals surface area (Å²) in [7, 11) is 0. The molecule has 0 spiro atoms. The molecule has 0 radical (unpaired) electrons. The minimum absolute atomic E-state index is 0.0343. The topological polar surface area (TPSA) is 87.9 Å². The lowest BCUT2D eigenvalue weighted by Crippen LogP contribution is -2.09. The van der Waals surface area contributed by atoms with E-state index in [-0.39, 0.29) is 30.4 Å². The van der Waals surface area contributed by atoms with Crippen LogP contribution in [0.1, 0.15) is 27.0 Å². The monoisotopic (exact) mass is 329 g/mol. The van der Waals surface area contributed by atoms with Crippen LogP contribution in [-0.2, 0) is 11.3 Å². The van der Waals surface area contributed by atoms with Crippen molar-refractivity contribution >= 4 is 11.7 Å². The number of nitrogens with zero attached hydrogens (tertiary/aromatic N) is 1. The van der Waals surface area contributed by atoms with Crippen LogP contribution in [-0.4, -0.2) is 17.7 Å². The summed E-state index contributed by atoms with van der Waals surface area (Å²) in [6, 6.07) is 8.27. The zero-order valence-electron chi connectivity index (χ0n) is 13.2. The highest BCUT2D eigenvalue weighted by molar-refractivity contribution is 5.95. The molecular weight excluding hydrogens is 314 g/mol. The van der Waals surface area contributed by atoms with Crippen molar-refractivity contribution in [1.82, 2.24) is 0 Å². The Hall–Kier alpha value is -3.09. The number of nitro groups is 1. The van der Waals surface area contributed by atoms with Crippen molar-refractivity contribution in [1.29, 1.82) is 0 Å². The Kier molecular flexibility index (Phi) is 4.07. The minimum Gasteiger partial charge on any atom is -0.457 e. The molecule has 0 amide bonds. The van der Waals surface area contributed by atoms with E-state index in [1.54, 1.807) is 0 Å². The van der Waals surface area contributed by atoms with Gasteiger partial charge < -0.3 is 14.2 Å². The van der Waals surface area contributed by atoms with Crippen LogP contribution in [0.25, 0.3) is 0 Å². The minimum atomic E-state index is -0.777. The second-order valence-electron chi connectivity index (χ2n) is 5.49. The number of hydrogen-bond acceptors (Lipinski definition) is 6. The van der Waals surface area contributed by atoms with Gasteiger partial charge in [0.1, 0.15) is 12.2 Å². The molecule has 0 aliphatic carbocycles. The summed E-state index contributed by atoms with van der Waals surface area (Å²) in [5.41, 5.74) is 2.35. The number of ether oxygens (including phenoxy) is 3. The molecule has 3 rings (SSSR count). The largest absolute Gasteiger partial charge is 0.457 e. The zero-order valence-corrected chi connectivity index (χ0v) is 13.2. The molecule has 0 fully saturated rings. The van der Waals surface area contributed by atoms with Crippen molar-refractivity contribution in [2.75, 3.05) is 6.79 Å². The number of hydrogen-bond donors (Lipinski definition) is 0. The second kappa shape index (κ2) is 6.19. The van der Waals surface area contributed by atoms with E-state index in [1.807, 2.05) is 32.0 Å². The molecule has 7 nitrogen and oxygen atoms in total. The van der Waals surface area contributed by atoms with Gasteiger partial charge in [-0.1, -0.05) is 23.8 Å². The number of rotatable bonds is 4. The van der Waals surface area contributed by atoms with Crippen LogP contribution in [0.15, 0.2) is 30.3 Å². The number of benzene rings is 2. The van der Waals surface area contributed by atoms with Gasteiger partial charge in [-0.25, -0.2) is 4.79 Å². The summed E-state index contributed by atoms with van der Waals surface area (Å²) in [6.45, 7) is 3.85. The number of nitro benzene ring substituents is 1. The molecule has 24 heavy (non-hydrogen) atoms. The van der Waals surface area contributed by atoms with Gasteiger partial charge in [-0.05, 0) is 25.0 Å². The fourth-order valence-corrected chi connectivity index (χ4v) is 2.42. The van der Waals surface area contributed by atoms with Crippen molar-refractivity contribution in [2.24, 2.45) is 0 Å². The molecular formula is C17H15NO6. The fraction of sp³-hybridized carbons (Fsp3) is 0.235. The number of esters is 1. The summed E-state index contributed by atoms with van der Waals surface area (Å²) in [5, 5.41) is 11.2. The molecule has 0 saturated heterocycles. The molecule has 0 aromatic heterocycles. The molecule has 1 heterocycles. The van der Waals surface area contributed by atoms with E-state index in [0.29, 0.717) is 5.75 Å². The molecule has 1 aliphatic heterocycles. The Morgan fingerprint density at radius 3 is 2.62 bits per heavy atom.